The Morgan fingerprint density at radius 3 is 2.55 bits per heavy atom. The molecule has 1 heterocycles. The zero-order valence-electron chi connectivity index (χ0n) is 12.8. The largest absolute Gasteiger partial charge is 0.340 e. The van der Waals surface area contributed by atoms with Gasteiger partial charge < -0.3 is 9.84 Å². The summed E-state index contributed by atoms with van der Waals surface area (Å²) in [4.78, 5) is 4.17. The summed E-state index contributed by atoms with van der Waals surface area (Å²) in [7, 11) is 0. The number of hydrogen-bond acceptors (Lipinski definition) is 4. The van der Waals surface area contributed by atoms with E-state index in [1.807, 2.05) is 19.9 Å². The van der Waals surface area contributed by atoms with Crippen molar-refractivity contribution in [2.24, 2.45) is 5.92 Å². The molecule has 1 aromatic heterocycles. The second kappa shape index (κ2) is 5.12. The molecule has 1 aliphatic carbocycles. The van der Waals surface area contributed by atoms with Gasteiger partial charge in [0.25, 0.3) is 5.92 Å². The number of halogens is 2. The topological polar surface area (TPSA) is 51.0 Å². The van der Waals surface area contributed by atoms with Crippen molar-refractivity contribution in [2.45, 2.75) is 38.2 Å². The molecule has 1 aliphatic rings. The predicted molar refractivity (Wildman–Crippen MR) is 77.7 cm³/mol. The van der Waals surface area contributed by atoms with Crippen molar-refractivity contribution in [3.63, 3.8) is 0 Å². The fourth-order valence-corrected chi connectivity index (χ4v) is 2.76. The van der Waals surface area contributed by atoms with E-state index in [0.29, 0.717) is 17.3 Å². The third kappa shape index (κ3) is 2.63. The summed E-state index contributed by atoms with van der Waals surface area (Å²) in [6.07, 6.45) is 0. The average Bonchev–Trinajstić information content (AvgIpc) is 2.80. The van der Waals surface area contributed by atoms with Gasteiger partial charge in [-0.2, -0.15) is 4.98 Å². The molecule has 0 radical (unpaired) electrons. The zero-order chi connectivity index (χ0) is 16.0. The van der Waals surface area contributed by atoms with Crippen LogP contribution in [0, 0.1) is 12.8 Å². The third-order valence-corrected chi connectivity index (χ3v) is 4.21. The Morgan fingerprint density at radius 2 is 1.95 bits per heavy atom. The Labute approximate surface area is 127 Å². The van der Waals surface area contributed by atoms with Crippen LogP contribution in [-0.4, -0.2) is 22.6 Å². The normalized spacial score (nSPS) is 23.5. The first-order valence-electron chi connectivity index (χ1n) is 7.31. The molecule has 2 atom stereocenters. The molecule has 1 aromatic carbocycles. The van der Waals surface area contributed by atoms with Crippen molar-refractivity contribution >= 4 is 0 Å². The van der Waals surface area contributed by atoms with Crippen LogP contribution in [0.15, 0.2) is 34.9 Å². The summed E-state index contributed by atoms with van der Waals surface area (Å²) in [6, 6.07) is 8.93. The summed E-state index contributed by atoms with van der Waals surface area (Å²) < 4.78 is 33.0. The Bertz CT molecular complexity index is 654. The van der Waals surface area contributed by atoms with Crippen LogP contribution in [0.5, 0.6) is 0 Å². The fourth-order valence-electron chi connectivity index (χ4n) is 2.76. The van der Waals surface area contributed by atoms with Crippen LogP contribution >= 0.6 is 0 Å². The standard InChI is InChI=1S/C16H19F2N3O/c1-10-20-14(21-22-10)15(2,3)19-9-12-13(16(12,17)18)11-7-5-4-6-8-11/h4-8,12-13,19H,9H2,1-3H3/t12-,13-/m1/s1. The van der Waals surface area contributed by atoms with Crippen LogP contribution in [0.1, 0.15) is 37.0 Å². The van der Waals surface area contributed by atoms with E-state index in [0.717, 1.165) is 0 Å². The molecule has 0 saturated heterocycles. The first-order chi connectivity index (χ1) is 10.3. The number of hydrogen-bond donors (Lipinski definition) is 1. The SMILES string of the molecule is Cc1nc(C(C)(C)NC[C@@H]2[C@@H](c3ccccc3)C2(F)F)no1. The van der Waals surface area contributed by atoms with Gasteiger partial charge in [-0.25, -0.2) is 8.78 Å². The van der Waals surface area contributed by atoms with Gasteiger partial charge in [0.2, 0.25) is 5.89 Å². The Hall–Kier alpha value is -1.82. The van der Waals surface area contributed by atoms with E-state index >= 15 is 0 Å². The number of nitrogens with zero attached hydrogens (tertiary/aromatic N) is 2. The van der Waals surface area contributed by atoms with Crippen molar-refractivity contribution in [1.29, 1.82) is 0 Å². The van der Waals surface area contributed by atoms with Crippen molar-refractivity contribution in [1.82, 2.24) is 15.5 Å². The van der Waals surface area contributed by atoms with Gasteiger partial charge in [0.05, 0.1) is 11.5 Å². The van der Waals surface area contributed by atoms with Gasteiger partial charge in [0, 0.05) is 19.4 Å². The van der Waals surface area contributed by atoms with Gasteiger partial charge in [-0.15, -0.1) is 0 Å². The Balaban J connectivity index is 1.67. The average molecular weight is 307 g/mol. The molecule has 1 fully saturated rings. The maximum absolute atomic E-state index is 14.0. The molecule has 3 rings (SSSR count). The van der Waals surface area contributed by atoms with E-state index in [1.54, 1.807) is 31.2 Å². The highest BCUT2D eigenvalue weighted by Crippen LogP contribution is 2.61. The minimum atomic E-state index is -2.67. The molecule has 0 aliphatic heterocycles. The van der Waals surface area contributed by atoms with Gasteiger partial charge in [-0.3, -0.25) is 0 Å². The highest BCUT2D eigenvalue weighted by molar-refractivity contribution is 5.32. The summed E-state index contributed by atoms with van der Waals surface area (Å²) >= 11 is 0. The van der Waals surface area contributed by atoms with E-state index < -0.39 is 23.3 Å². The molecule has 4 nitrogen and oxygen atoms in total. The maximum atomic E-state index is 14.0. The van der Waals surface area contributed by atoms with E-state index in [4.69, 9.17) is 4.52 Å². The van der Waals surface area contributed by atoms with Gasteiger partial charge in [0.15, 0.2) is 5.82 Å². The molecule has 118 valence electrons. The maximum Gasteiger partial charge on any atom is 0.260 e. The van der Waals surface area contributed by atoms with E-state index in [2.05, 4.69) is 15.5 Å². The molecule has 1 saturated carbocycles. The molecule has 0 unspecified atom stereocenters. The lowest BCUT2D eigenvalue weighted by Gasteiger charge is -2.22. The lowest BCUT2D eigenvalue weighted by Crippen LogP contribution is -2.39. The van der Waals surface area contributed by atoms with Crippen LogP contribution in [0.25, 0.3) is 0 Å². The summed E-state index contributed by atoms with van der Waals surface area (Å²) in [5, 5.41) is 7.00. The lowest BCUT2D eigenvalue weighted by atomic mass is 10.0. The quantitative estimate of drug-likeness (QED) is 0.921. The smallest absolute Gasteiger partial charge is 0.260 e. The van der Waals surface area contributed by atoms with Crippen LogP contribution in [0.2, 0.25) is 0 Å². The second-order valence-corrected chi connectivity index (χ2v) is 6.31. The Morgan fingerprint density at radius 1 is 1.27 bits per heavy atom. The highest BCUT2D eigenvalue weighted by Gasteiger charge is 2.68. The third-order valence-electron chi connectivity index (χ3n) is 4.21. The minimum absolute atomic E-state index is 0.202. The number of benzene rings is 1. The van der Waals surface area contributed by atoms with Gasteiger partial charge in [-0.1, -0.05) is 35.5 Å². The van der Waals surface area contributed by atoms with Crippen molar-refractivity contribution in [3.05, 3.63) is 47.6 Å². The number of aromatic nitrogens is 2. The first-order valence-corrected chi connectivity index (χ1v) is 7.31. The van der Waals surface area contributed by atoms with Crippen molar-refractivity contribution in [3.8, 4) is 0 Å². The predicted octanol–water partition coefficient (Wildman–Crippen LogP) is 3.25. The number of rotatable bonds is 5. The summed E-state index contributed by atoms with van der Waals surface area (Å²) in [5.41, 5.74) is 0.0741. The molecule has 0 spiro atoms. The highest BCUT2D eigenvalue weighted by atomic mass is 19.3. The van der Waals surface area contributed by atoms with Crippen LogP contribution in [0.4, 0.5) is 8.78 Å². The van der Waals surface area contributed by atoms with Crippen molar-refractivity contribution in [2.75, 3.05) is 6.54 Å². The summed E-state index contributed by atoms with van der Waals surface area (Å²) in [5.74, 6) is -3.15. The van der Waals surface area contributed by atoms with E-state index in [-0.39, 0.29) is 6.54 Å². The molecule has 6 heteroatoms. The van der Waals surface area contributed by atoms with Gasteiger partial charge in [-0.05, 0) is 19.4 Å². The fraction of sp³-hybridized carbons (Fsp3) is 0.500. The first kappa shape index (κ1) is 15.1. The molecule has 0 bridgehead atoms. The number of nitrogens with one attached hydrogen (secondary N) is 1. The lowest BCUT2D eigenvalue weighted by molar-refractivity contribution is 0.0913. The molecular weight excluding hydrogens is 288 g/mol. The minimum Gasteiger partial charge on any atom is -0.340 e. The van der Waals surface area contributed by atoms with Crippen LogP contribution < -0.4 is 5.32 Å². The van der Waals surface area contributed by atoms with E-state index in [9.17, 15) is 8.78 Å². The summed E-state index contributed by atoms with van der Waals surface area (Å²) in [6.45, 7) is 5.62. The van der Waals surface area contributed by atoms with Crippen LogP contribution in [-0.2, 0) is 5.54 Å². The second-order valence-electron chi connectivity index (χ2n) is 6.31. The monoisotopic (exact) mass is 307 g/mol. The van der Waals surface area contributed by atoms with Crippen molar-refractivity contribution < 1.29 is 13.3 Å². The van der Waals surface area contributed by atoms with Crippen LogP contribution in [0.3, 0.4) is 0 Å². The molecule has 22 heavy (non-hydrogen) atoms. The molecule has 0 amide bonds. The number of aryl methyl sites for hydroxylation is 1. The van der Waals surface area contributed by atoms with Gasteiger partial charge in [0.1, 0.15) is 0 Å². The molecule has 2 aromatic rings. The molecular formula is C16H19F2N3O. The Kier molecular flexibility index (Phi) is 3.51. The number of alkyl halides is 2. The van der Waals surface area contributed by atoms with E-state index in [1.165, 1.54) is 0 Å². The zero-order valence-corrected chi connectivity index (χ0v) is 12.8. The van der Waals surface area contributed by atoms with Gasteiger partial charge >= 0.3 is 0 Å². The molecule has 1 N–H and O–H groups in total.